The van der Waals surface area contributed by atoms with Gasteiger partial charge in [-0.3, -0.25) is 4.79 Å². The Morgan fingerprint density at radius 2 is 2.00 bits per heavy atom. The van der Waals surface area contributed by atoms with Crippen LogP contribution >= 0.6 is 0 Å². The molecule has 1 aromatic rings. The van der Waals surface area contributed by atoms with Gasteiger partial charge in [0.25, 0.3) is 0 Å². The SMILES string of the molecule is C/C=C(\C)C(=O)NCCc1ccccc1. The van der Waals surface area contributed by atoms with Gasteiger partial charge in [-0.15, -0.1) is 0 Å². The summed E-state index contributed by atoms with van der Waals surface area (Å²) in [5.74, 6) is 0.0217. The lowest BCUT2D eigenvalue weighted by atomic mass is 10.1. The molecule has 0 aliphatic heterocycles. The van der Waals surface area contributed by atoms with Crippen molar-refractivity contribution in [1.82, 2.24) is 5.32 Å². The topological polar surface area (TPSA) is 29.1 Å². The van der Waals surface area contributed by atoms with Gasteiger partial charge in [-0.25, -0.2) is 0 Å². The van der Waals surface area contributed by atoms with E-state index in [1.165, 1.54) is 5.56 Å². The molecule has 0 atom stereocenters. The van der Waals surface area contributed by atoms with E-state index in [-0.39, 0.29) is 5.91 Å². The Bertz CT molecular complexity index is 341. The fraction of sp³-hybridized carbons (Fsp3) is 0.308. The first-order valence-corrected chi connectivity index (χ1v) is 5.19. The summed E-state index contributed by atoms with van der Waals surface area (Å²) in [5, 5.41) is 2.87. The fourth-order valence-corrected chi connectivity index (χ4v) is 1.24. The monoisotopic (exact) mass is 203 g/mol. The van der Waals surface area contributed by atoms with Crippen molar-refractivity contribution in [2.45, 2.75) is 20.3 Å². The second-order valence-corrected chi connectivity index (χ2v) is 3.46. The molecular weight excluding hydrogens is 186 g/mol. The summed E-state index contributed by atoms with van der Waals surface area (Å²) in [7, 11) is 0. The molecule has 0 heterocycles. The molecule has 1 amide bonds. The Labute approximate surface area is 91.0 Å². The van der Waals surface area contributed by atoms with Gasteiger partial charge < -0.3 is 5.32 Å². The molecule has 15 heavy (non-hydrogen) atoms. The van der Waals surface area contributed by atoms with Crippen molar-refractivity contribution >= 4 is 5.91 Å². The van der Waals surface area contributed by atoms with Gasteiger partial charge in [0, 0.05) is 12.1 Å². The summed E-state index contributed by atoms with van der Waals surface area (Å²) in [6, 6.07) is 10.1. The Balaban J connectivity index is 2.31. The average molecular weight is 203 g/mol. The molecule has 1 aromatic carbocycles. The van der Waals surface area contributed by atoms with E-state index in [9.17, 15) is 4.79 Å². The number of allylic oxidation sites excluding steroid dienone is 1. The number of amides is 1. The number of hydrogen-bond donors (Lipinski definition) is 1. The number of benzene rings is 1. The molecule has 0 saturated carbocycles. The first kappa shape index (κ1) is 11.5. The number of carbonyl (C=O) groups is 1. The third-order valence-electron chi connectivity index (χ3n) is 2.33. The second kappa shape index (κ2) is 6.02. The summed E-state index contributed by atoms with van der Waals surface area (Å²) < 4.78 is 0. The van der Waals surface area contributed by atoms with E-state index in [4.69, 9.17) is 0 Å². The molecule has 0 radical (unpaired) electrons. The van der Waals surface area contributed by atoms with E-state index < -0.39 is 0 Å². The zero-order valence-electron chi connectivity index (χ0n) is 9.29. The van der Waals surface area contributed by atoms with Gasteiger partial charge in [0.2, 0.25) is 5.91 Å². The molecule has 0 saturated heterocycles. The Hall–Kier alpha value is -1.57. The minimum absolute atomic E-state index is 0.0217. The second-order valence-electron chi connectivity index (χ2n) is 3.46. The molecule has 0 spiro atoms. The van der Waals surface area contributed by atoms with Crippen LogP contribution in [0.4, 0.5) is 0 Å². The Morgan fingerprint density at radius 1 is 1.33 bits per heavy atom. The molecule has 0 aliphatic carbocycles. The normalized spacial score (nSPS) is 11.2. The molecule has 80 valence electrons. The molecule has 2 nitrogen and oxygen atoms in total. The molecule has 0 aromatic heterocycles. The lowest BCUT2D eigenvalue weighted by Crippen LogP contribution is -2.26. The smallest absolute Gasteiger partial charge is 0.246 e. The van der Waals surface area contributed by atoms with Crippen LogP contribution in [-0.2, 0) is 11.2 Å². The Morgan fingerprint density at radius 3 is 2.60 bits per heavy atom. The van der Waals surface area contributed by atoms with Crippen molar-refractivity contribution < 1.29 is 4.79 Å². The van der Waals surface area contributed by atoms with Crippen molar-refractivity contribution in [1.29, 1.82) is 0 Å². The minimum Gasteiger partial charge on any atom is -0.352 e. The van der Waals surface area contributed by atoms with Crippen molar-refractivity contribution in [3.63, 3.8) is 0 Å². The predicted octanol–water partition coefficient (Wildman–Crippen LogP) is 2.31. The van der Waals surface area contributed by atoms with Gasteiger partial charge >= 0.3 is 0 Å². The highest BCUT2D eigenvalue weighted by atomic mass is 16.1. The molecule has 0 fully saturated rings. The summed E-state index contributed by atoms with van der Waals surface area (Å²) in [6.45, 7) is 4.37. The largest absolute Gasteiger partial charge is 0.352 e. The highest BCUT2D eigenvalue weighted by Gasteiger charge is 2.01. The van der Waals surface area contributed by atoms with E-state index >= 15 is 0 Å². The molecule has 1 N–H and O–H groups in total. The fourth-order valence-electron chi connectivity index (χ4n) is 1.24. The van der Waals surface area contributed by atoms with Gasteiger partial charge in [0.15, 0.2) is 0 Å². The summed E-state index contributed by atoms with van der Waals surface area (Å²) in [6.07, 6.45) is 2.70. The van der Waals surface area contributed by atoms with Gasteiger partial charge in [-0.05, 0) is 25.8 Å². The molecule has 0 bridgehead atoms. The number of hydrogen-bond acceptors (Lipinski definition) is 1. The van der Waals surface area contributed by atoms with Gasteiger partial charge in [-0.1, -0.05) is 36.4 Å². The predicted molar refractivity (Wildman–Crippen MR) is 62.6 cm³/mol. The summed E-state index contributed by atoms with van der Waals surface area (Å²) in [4.78, 5) is 11.4. The lowest BCUT2D eigenvalue weighted by Gasteiger charge is -2.04. The molecule has 0 unspecified atom stereocenters. The van der Waals surface area contributed by atoms with E-state index in [0.29, 0.717) is 6.54 Å². The van der Waals surface area contributed by atoms with Crippen LogP contribution in [0.2, 0.25) is 0 Å². The molecular formula is C13H17NO. The highest BCUT2D eigenvalue weighted by molar-refractivity contribution is 5.92. The minimum atomic E-state index is 0.0217. The van der Waals surface area contributed by atoms with E-state index in [0.717, 1.165) is 12.0 Å². The average Bonchev–Trinajstić information content (AvgIpc) is 2.29. The van der Waals surface area contributed by atoms with Crippen LogP contribution in [-0.4, -0.2) is 12.5 Å². The van der Waals surface area contributed by atoms with Crippen molar-refractivity contribution in [3.05, 3.63) is 47.5 Å². The van der Waals surface area contributed by atoms with E-state index in [1.807, 2.05) is 38.1 Å². The van der Waals surface area contributed by atoms with Crippen LogP contribution in [0.25, 0.3) is 0 Å². The van der Waals surface area contributed by atoms with Crippen LogP contribution in [0.1, 0.15) is 19.4 Å². The Kier molecular flexibility index (Phi) is 4.61. The maximum Gasteiger partial charge on any atom is 0.246 e. The lowest BCUT2D eigenvalue weighted by molar-refractivity contribution is -0.117. The van der Waals surface area contributed by atoms with Gasteiger partial charge in [-0.2, -0.15) is 0 Å². The third kappa shape index (κ3) is 3.98. The van der Waals surface area contributed by atoms with Crippen LogP contribution < -0.4 is 5.32 Å². The van der Waals surface area contributed by atoms with Crippen molar-refractivity contribution in [3.8, 4) is 0 Å². The molecule has 1 rings (SSSR count). The molecule has 2 heteroatoms. The number of rotatable bonds is 4. The van der Waals surface area contributed by atoms with E-state index in [2.05, 4.69) is 17.4 Å². The van der Waals surface area contributed by atoms with Crippen LogP contribution in [0.5, 0.6) is 0 Å². The number of carbonyl (C=O) groups excluding carboxylic acids is 1. The zero-order valence-corrected chi connectivity index (χ0v) is 9.29. The van der Waals surface area contributed by atoms with Gasteiger partial charge in [0.05, 0.1) is 0 Å². The van der Waals surface area contributed by atoms with Crippen molar-refractivity contribution in [2.75, 3.05) is 6.54 Å². The van der Waals surface area contributed by atoms with Gasteiger partial charge in [0.1, 0.15) is 0 Å². The third-order valence-corrected chi connectivity index (χ3v) is 2.33. The summed E-state index contributed by atoms with van der Waals surface area (Å²) >= 11 is 0. The first-order valence-electron chi connectivity index (χ1n) is 5.19. The molecule has 0 aliphatic rings. The summed E-state index contributed by atoms with van der Waals surface area (Å²) in [5.41, 5.74) is 2.01. The maximum atomic E-state index is 11.4. The quantitative estimate of drug-likeness (QED) is 0.747. The number of nitrogens with one attached hydrogen (secondary N) is 1. The van der Waals surface area contributed by atoms with Crippen LogP contribution in [0.15, 0.2) is 42.0 Å². The highest BCUT2D eigenvalue weighted by Crippen LogP contribution is 1.98. The first-order chi connectivity index (χ1) is 7.24. The maximum absolute atomic E-state index is 11.4. The van der Waals surface area contributed by atoms with Crippen LogP contribution in [0.3, 0.4) is 0 Å². The van der Waals surface area contributed by atoms with Crippen molar-refractivity contribution in [2.24, 2.45) is 0 Å². The standard InChI is InChI=1S/C13H17NO/c1-3-11(2)13(15)14-10-9-12-7-5-4-6-8-12/h3-8H,9-10H2,1-2H3,(H,14,15)/b11-3+. The van der Waals surface area contributed by atoms with Crippen LogP contribution in [0, 0.1) is 0 Å². The van der Waals surface area contributed by atoms with E-state index in [1.54, 1.807) is 0 Å². The zero-order chi connectivity index (χ0) is 11.1.